The molecule has 0 radical (unpaired) electrons. The third-order valence-electron chi connectivity index (χ3n) is 6.98. The zero-order chi connectivity index (χ0) is 31.2. The second-order valence-corrected chi connectivity index (χ2v) is 10.1. The molecular weight excluding hydrogens is 548 g/mol. The summed E-state index contributed by atoms with van der Waals surface area (Å²) < 4.78 is 22.0. The molecule has 0 spiro atoms. The number of carbonyl (C=O) groups is 2. The van der Waals surface area contributed by atoms with Gasteiger partial charge in [-0.25, -0.2) is 9.59 Å². The van der Waals surface area contributed by atoms with Gasteiger partial charge in [0.15, 0.2) is 0 Å². The van der Waals surface area contributed by atoms with Crippen LogP contribution in [0.3, 0.4) is 0 Å². The van der Waals surface area contributed by atoms with Gasteiger partial charge < -0.3 is 29.2 Å². The van der Waals surface area contributed by atoms with Gasteiger partial charge >= 0.3 is 11.9 Å². The molecule has 8 heteroatoms. The number of aliphatic hydroxyl groups is 2. The fraction of sp³-hybridized carbons (Fsp3) is 0.371. The molecule has 43 heavy (non-hydrogen) atoms. The lowest BCUT2D eigenvalue weighted by molar-refractivity contribution is -0.141. The second-order valence-electron chi connectivity index (χ2n) is 10.1. The molecule has 0 atom stereocenters. The first-order valence-electron chi connectivity index (χ1n) is 14.7. The summed E-state index contributed by atoms with van der Waals surface area (Å²) in [6, 6.07) is 16.4. The predicted molar refractivity (Wildman–Crippen MR) is 167 cm³/mol. The van der Waals surface area contributed by atoms with Gasteiger partial charge in [0.25, 0.3) is 0 Å². The van der Waals surface area contributed by atoms with E-state index in [1.165, 1.54) is 30.4 Å². The molecule has 3 aromatic carbocycles. The van der Waals surface area contributed by atoms with E-state index in [2.05, 4.69) is 57.3 Å². The number of carbonyl (C=O) groups excluding carboxylic acids is 2. The average molecular weight is 591 g/mol. The average Bonchev–Trinajstić information content (AvgIpc) is 3.03. The summed E-state index contributed by atoms with van der Waals surface area (Å²) >= 11 is 0. The minimum absolute atomic E-state index is 0.0266. The first-order chi connectivity index (χ1) is 20.8. The molecule has 0 fully saturated rings. The van der Waals surface area contributed by atoms with E-state index in [0.29, 0.717) is 11.5 Å². The Labute approximate surface area is 253 Å². The minimum atomic E-state index is -0.682. The van der Waals surface area contributed by atoms with Crippen molar-refractivity contribution in [2.75, 3.05) is 39.6 Å². The van der Waals surface area contributed by atoms with E-state index in [-0.39, 0.29) is 37.6 Å². The van der Waals surface area contributed by atoms with E-state index in [1.54, 1.807) is 6.07 Å². The van der Waals surface area contributed by atoms with Crippen LogP contribution in [0.2, 0.25) is 0 Å². The topological polar surface area (TPSA) is 112 Å². The number of aryl methyl sites for hydroxylation is 2. The lowest BCUT2D eigenvalue weighted by Gasteiger charge is -2.15. The summed E-state index contributed by atoms with van der Waals surface area (Å²) in [5.74, 6) is -0.330. The number of benzene rings is 3. The van der Waals surface area contributed by atoms with Gasteiger partial charge in [-0.2, -0.15) is 0 Å². The van der Waals surface area contributed by atoms with Gasteiger partial charge in [-0.3, -0.25) is 0 Å². The molecule has 2 N–H and O–H groups in total. The molecule has 0 amide bonds. The van der Waals surface area contributed by atoms with Crippen molar-refractivity contribution in [3.63, 3.8) is 0 Å². The Morgan fingerprint density at radius 1 is 0.721 bits per heavy atom. The van der Waals surface area contributed by atoms with Crippen LogP contribution in [0.1, 0.15) is 44.2 Å². The number of hydrogen-bond donors (Lipinski definition) is 2. The largest absolute Gasteiger partial charge is 0.490 e. The summed E-state index contributed by atoms with van der Waals surface area (Å²) in [6.45, 7) is 10.5. The Morgan fingerprint density at radius 2 is 1.35 bits per heavy atom. The molecule has 0 aromatic heterocycles. The molecule has 0 aliphatic carbocycles. The number of unbranched alkanes of at least 4 members (excludes halogenated alkanes) is 2. The van der Waals surface area contributed by atoms with Crippen molar-refractivity contribution in [3.05, 3.63) is 84.0 Å². The van der Waals surface area contributed by atoms with Gasteiger partial charge in [0.2, 0.25) is 0 Å². The summed E-state index contributed by atoms with van der Waals surface area (Å²) in [4.78, 5) is 23.6. The monoisotopic (exact) mass is 590 g/mol. The lowest BCUT2D eigenvalue weighted by atomic mass is 9.94. The molecule has 0 saturated heterocycles. The second kappa shape index (κ2) is 17.1. The standard InChI is InChI=1S/C35H42O8/c1-5-7-8-9-27-10-11-28(18-26(27)6-2)29-12-13-32-30(19-29)20-31(40-14-16-42-34(38)24(3)22-36)21-33(32)41-15-17-43-35(39)25(4)23-37/h10-13,18-21,36-37H,3-9,14-17,22-23H2,1-2H3. The Bertz CT molecular complexity index is 1420. The van der Waals surface area contributed by atoms with Gasteiger partial charge in [-0.1, -0.05) is 70.2 Å². The highest BCUT2D eigenvalue weighted by Gasteiger charge is 2.12. The van der Waals surface area contributed by atoms with E-state index in [9.17, 15) is 9.59 Å². The molecule has 0 aliphatic heterocycles. The number of ether oxygens (including phenoxy) is 4. The molecule has 230 valence electrons. The smallest absolute Gasteiger partial charge is 0.335 e. The number of hydrogen-bond acceptors (Lipinski definition) is 8. The van der Waals surface area contributed by atoms with E-state index < -0.39 is 25.2 Å². The van der Waals surface area contributed by atoms with Gasteiger partial charge in [0.1, 0.15) is 37.9 Å². The lowest BCUT2D eigenvalue weighted by Crippen LogP contribution is -2.15. The highest BCUT2D eigenvalue weighted by Crippen LogP contribution is 2.35. The molecule has 0 aliphatic rings. The number of fused-ring (bicyclic) bond motifs is 1. The summed E-state index contributed by atoms with van der Waals surface area (Å²) in [5.41, 5.74) is 4.87. The maximum atomic E-state index is 11.8. The zero-order valence-corrected chi connectivity index (χ0v) is 25.2. The van der Waals surface area contributed by atoms with E-state index in [4.69, 9.17) is 29.2 Å². The van der Waals surface area contributed by atoms with Crippen LogP contribution in [0.5, 0.6) is 11.5 Å². The zero-order valence-electron chi connectivity index (χ0n) is 25.2. The Morgan fingerprint density at radius 3 is 1.98 bits per heavy atom. The highest BCUT2D eigenvalue weighted by molar-refractivity contribution is 5.93. The quantitative estimate of drug-likeness (QED) is 0.110. The van der Waals surface area contributed by atoms with E-state index in [0.717, 1.165) is 34.7 Å². The molecule has 3 rings (SSSR count). The van der Waals surface area contributed by atoms with E-state index >= 15 is 0 Å². The molecular formula is C35H42O8. The molecule has 0 unspecified atom stereocenters. The van der Waals surface area contributed by atoms with Crippen LogP contribution in [0, 0.1) is 0 Å². The van der Waals surface area contributed by atoms with Crippen molar-refractivity contribution < 1.29 is 38.7 Å². The number of aliphatic hydroxyl groups excluding tert-OH is 2. The van der Waals surface area contributed by atoms with E-state index in [1.807, 2.05) is 12.1 Å². The number of rotatable bonds is 18. The Hall–Kier alpha value is -4.14. The van der Waals surface area contributed by atoms with Crippen molar-refractivity contribution in [2.24, 2.45) is 0 Å². The van der Waals surface area contributed by atoms with Crippen LogP contribution in [-0.2, 0) is 31.9 Å². The molecule has 0 heterocycles. The third kappa shape index (κ3) is 9.70. The summed E-state index contributed by atoms with van der Waals surface area (Å²) in [5, 5.41) is 19.8. The van der Waals surface area contributed by atoms with Crippen molar-refractivity contribution in [1.29, 1.82) is 0 Å². The maximum absolute atomic E-state index is 11.8. The fourth-order valence-corrected chi connectivity index (χ4v) is 4.55. The summed E-state index contributed by atoms with van der Waals surface area (Å²) in [7, 11) is 0. The van der Waals surface area contributed by atoms with Crippen LogP contribution < -0.4 is 9.47 Å². The van der Waals surface area contributed by atoms with Crippen LogP contribution in [0.4, 0.5) is 0 Å². The fourth-order valence-electron chi connectivity index (χ4n) is 4.55. The highest BCUT2D eigenvalue weighted by atomic mass is 16.6. The molecule has 0 bridgehead atoms. The molecule has 3 aromatic rings. The first-order valence-corrected chi connectivity index (χ1v) is 14.7. The van der Waals surface area contributed by atoms with Crippen LogP contribution >= 0.6 is 0 Å². The van der Waals surface area contributed by atoms with Crippen LogP contribution in [0.25, 0.3) is 21.9 Å². The van der Waals surface area contributed by atoms with Crippen molar-refractivity contribution in [2.45, 2.75) is 46.0 Å². The summed E-state index contributed by atoms with van der Waals surface area (Å²) in [6.07, 6.45) is 5.66. The van der Waals surface area contributed by atoms with Gasteiger partial charge in [-0.05, 0) is 59.0 Å². The van der Waals surface area contributed by atoms with Crippen molar-refractivity contribution in [1.82, 2.24) is 0 Å². The van der Waals surface area contributed by atoms with Crippen LogP contribution in [0.15, 0.2) is 72.8 Å². The van der Waals surface area contributed by atoms with Crippen molar-refractivity contribution >= 4 is 22.7 Å². The molecule has 8 nitrogen and oxygen atoms in total. The number of esters is 2. The SMILES string of the molecule is C=C(CO)C(=O)OCCOc1cc(OCCOC(=O)C(=C)CO)c2ccc(-c3ccc(CCCCC)c(CC)c3)cc2c1. The van der Waals surface area contributed by atoms with Crippen molar-refractivity contribution in [3.8, 4) is 22.6 Å². The molecule has 0 saturated carbocycles. The Balaban J connectivity index is 1.84. The predicted octanol–water partition coefficient (Wildman–Crippen LogP) is 5.74. The third-order valence-corrected chi connectivity index (χ3v) is 6.98. The maximum Gasteiger partial charge on any atom is 0.335 e. The van der Waals surface area contributed by atoms with Gasteiger partial charge in [-0.15, -0.1) is 0 Å². The van der Waals surface area contributed by atoms with Gasteiger partial charge in [0, 0.05) is 11.5 Å². The Kier molecular flexibility index (Phi) is 13.3. The van der Waals surface area contributed by atoms with Gasteiger partial charge in [0.05, 0.1) is 24.4 Å². The minimum Gasteiger partial charge on any atom is -0.490 e. The first kappa shape index (κ1) is 33.4. The van der Waals surface area contributed by atoms with Crippen LogP contribution in [-0.4, -0.2) is 61.8 Å². The normalized spacial score (nSPS) is 10.8.